The zero-order valence-electron chi connectivity index (χ0n) is 19.1. The quantitative estimate of drug-likeness (QED) is 0.315. The van der Waals surface area contributed by atoms with Crippen LogP contribution in [0.2, 0.25) is 0 Å². The Bertz CT molecular complexity index is 1230. The maximum atomic E-state index is 12.1. The van der Waals surface area contributed by atoms with Gasteiger partial charge in [-0.2, -0.15) is 0 Å². The molecule has 0 amide bonds. The van der Waals surface area contributed by atoms with Gasteiger partial charge in [0.2, 0.25) is 11.6 Å². The maximum Gasteiger partial charge on any atom is 0.353 e. The van der Waals surface area contributed by atoms with E-state index in [4.69, 9.17) is 0 Å². The van der Waals surface area contributed by atoms with Gasteiger partial charge in [0.1, 0.15) is 6.33 Å². The average Bonchev–Trinajstić information content (AvgIpc) is 2.91. The fourth-order valence-electron chi connectivity index (χ4n) is 4.51. The first-order valence-corrected chi connectivity index (χ1v) is 11.5. The maximum absolute atomic E-state index is 12.1. The van der Waals surface area contributed by atoms with Crippen LogP contribution in [-0.2, 0) is 0 Å². The summed E-state index contributed by atoms with van der Waals surface area (Å²) in [4.78, 5) is 28.5. The lowest BCUT2D eigenvalue weighted by molar-refractivity contribution is -0.383. The third-order valence-electron chi connectivity index (χ3n) is 6.14. The number of rotatable bonds is 7. The number of aromatic nitrogens is 3. The highest BCUT2D eigenvalue weighted by atomic mass is 16.6. The summed E-state index contributed by atoms with van der Waals surface area (Å²) in [6.07, 6.45) is 4.60. The number of hydrogen-bond acceptors (Lipinski definition) is 8. The lowest BCUT2D eigenvalue weighted by Gasteiger charge is -2.40. The summed E-state index contributed by atoms with van der Waals surface area (Å²) in [7, 11) is 0. The van der Waals surface area contributed by atoms with Gasteiger partial charge < -0.3 is 10.2 Å². The van der Waals surface area contributed by atoms with Crippen molar-refractivity contribution in [2.75, 3.05) is 36.4 Å². The van der Waals surface area contributed by atoms with E-state index in [0.717, 1.165) is 13.1 Å². The molecule has 1 fully saturated rings. The van der Waals surface area contributed by atoms with Crippen LogP contribution in [0.4, 0.5) is 23.0 Å². The Labute approximate surface area is 203 Å². The molecule has 1 N–H and O–H groups in total. The van der Waals surface area contributed by atoms with Crippen LogP contribution < -0.4 is 10.2 Å². The molecule has 1 aliphatic rings. The molecule has 0 aliphatic carbocycles. The monoisotopic (exact) mass is 467 g/mol. The minimum atomic E-state index is -0.415. The largest absolute Gasteiger partial charge is 0.353 e. The molecule has 0 bridgehead atoms. The summed E-state index contributed by atoms with van der Waals surface area (Å²) in [6, 6.07) is 24.5. The zero-order chi connectivity index (χ0) is 24.0. The van der Waals surface area contributed by atoms with Crippen LogP contribution in [0.3, 0.4) is 0 Å². The van der Waals surface area contributed by atoms with Gasteiger partial charge in [-0.25, -0.2) is 9.97 Å². The SMILES string of the molecule is O=[N+]([O-])c1c(Nc2ccncc2)ncnc1N1CCN(C(c2ccccc2)c2ccccc2)CC1. The number of benzene rings is 2. The number of piperazine rings is 1. The molecule has 0 spiro atoms. The van der Waals surface area contributed by atoms with Crippen molar-refractivity contribution in [3.8, 4) is 0 Å². The van der Waals surface area contributed by atoms with Gasteiger partial charge in [-0.1, -0.05) is 60.7 Å². The summed E-state index contributed by atoms with van der Waals surface area (Å²) in [5.74, 6) is 0.497. The van der Waals surface area contributed by atoms with E-state index in [9.17, 15) is 10.1 Å². The van der Waals surface area contributed by atoms with Crippen LogP contribution in [0.25, 0.3) is 0 Å². The highest BCUT2D eigenvalue weighted by Gasteiger charge is 2.32. The van der Waals surface area contributed by atoms with E-state index in [-0.39, 0.29) is 17.5 Å². The second-order valence-corrected chi connectivity index (χ2v) is 8.26. The first-order valence-electron chi connectivity index (χ1n) is 11.5. The molecule has 5 rings (SSSR count). The highest BCUT2D eigenvalue weighted by Crippen LogP contribution is 2.35. The predicted octanol–water partition coefficient (Wildman–Crippen LogP) is 4.44. The van der Waals surface area contributed by atoms with E-state index >= 15 is 0 Å². The van der Waals surface area contributed by atoms with Crippen LogP contribution in [0.15, 0.2) is 91.5 Å². The molecule has 2 aromatic carbocycles. The van der Waals surface area contributed by atoms with Gasteiger partial charge in [0, 0.05) is 44.3 Å². The molecule has 0 radical (unpaired) electrons. The molecular formula is C26H25N7O2. The van der Waals surface area contributed by atoms with Crippen molar-refractivity contribution in [2.24, 2.45) is 0 Å². The summed E-state index contributed by atoms with van der Waals surface area (Å²) >= 11 is 0. The van der Waals surface area contributed by atoms with Crippen LogP contribution in [-0.4, -0.2) is 51.0 Å². The van der Waals surface area contributed by atoms with Crippen molar-refractivity contribution < 1.29 is 4.92 Å². The molecule has 2 aromatic heterocycles. The Morgan fingerprint density at radius 1 is 0.829 bits per heavy atom. The molecular weight excluding hydrogens is 442 g/mol. The van der Waals surface area contributed by atoms with E-state index in [2.05, 4.69) is 73.7 Å². The van der Waals surface area contributed by atoms with E-state index in [1.54, 1.807) is 24.5 Å². The Hall–Kier alpha value is -4.37. The fourth-order valence-corrected chi connectivity index (χ4v) is 4.51. The van der Waals surface area contributed by atoms with Gasteiger partial charge in [-0.3, -0.25) is 20.0 Å². The third-order valence-corrected chi connectivity index (χ3v) is 6.14. The Balaban J connectivity index is 1.39. The minimum Gasteiger partial charge on any atom is -0.348 e. The normalized spacial score (nSPS) is 14.1. The summed E-state index contributed by atoms with van der Waals surface area (Å²) < 4.78 is 0. The Morgan fingerprint density at radius 3 is 2.00 bits per heavy atom. The second kappa shape index (κ2) is 10.3. The second-order valence-electron chi connectivity index (χ2n) is 8.26. The zero-order valence-corrected chi connectivity index (χ0v) is 19.1. The van der Waals surface area contributed by atoms with Crippen molar-refractivity contribution in [3.05, 3.63) is 113 Å². The Morgan fingerprint density at radius 2 is 1.43 bits per heavy atom. The van der Waals surface area contributed by atoms with Crippen LogP contribution in [0.1, 0.15) is 17.2 Å². The number of nitrogens with zero attached hydrogens (tertiary/aromatic N) is 6. The molecule has 0 saturated carbocycles. The topological polar surface area (TPSA) is 100 Å². The number of nitrogens with one attached hydrogen (secondary N) is 1. The lowest BCUT2D eigenvalue weighted by atomic mass is 9.96. The van der Waals surface area contributed by atoms with Crippen LogP contribution in [0.5, 0.6) is 0 Å². The first-order chi connectivity index (χ1) is 17.2. The van der Waals surface area contributed by atoms with Gasteiger partial charge in [-0.05, 0) is 23.3 Å². The molecule has 3 heterocycles. The predicted molar refractivity (Wildman–Crippen MR) is 135 cm³/mol. The minimum absolute atomic E-state index is 0.115. The standard InChI is InChI=1S/C26H25N7O2/c34-33(35)24-25(30-22-11-13-27-14-12-22)28-19-29-26(24)32-17-15-31(16-18-32)23(20-7-3-1-4-8-20)21-9-5-2-6-10-21/h1-14,19,23H,15-18H2,(H,27,28,29,30). The smallest absolute Gasteiger partial charge is 0.348 e. The van der Waals surface area contributed by atoms with E-state index < -0.39 is 4.92 Å². The van der Waals surface area contributed by atoms with Gasteiger partial charge in [0.25, 0.3) is 0 Å². The third kappa shape index (κ3) is 4.95. The van der Waals surface area contributed by atoms with Crippen molar-refractivity contribution in [1.82, 2.24) is 19.9 Å². The molecule has 4 aromatic rings. The van der Waals surface area contributed by atoms with E-state index in [1.807, 2.05) is 17.0 Å². The van der Waals surface area contributed by atoms with Crippen molar-refractivity contribution in [1.29, 1.82) is 0 Å². The van der Waals surface area contributed by atoms with Crippen LogP contribution in [0, 0.1) is 10.1 Å². The molecule has 0 unspecified atom stereocenters. The molecule has 0 atom stereocenters. The summed E-state index contributed by atoms with van der Waals surface area (Å²) in [5, 5.41) is 15.1. The van der Waals surface area contributed by atoms with Gasteiger partial charge >= 0.3 is 5.69 Å². The fraction of sp³-hybridized carbons (Fsp3) is 0.192. The summed E-state index contributed by atoms with van der Waals surface area (Å²) in [6.45, 7) is 2.71. The number of nitro groups is 1. The van der Waals surface area contributed by atoms with E-state index in [0.29, 0.717) is 24.6 Å². The molecule has 1 saturated heterocycles. The van der Waals surface area contributed by atoms with E-state index in [1.165, 1.54) is 17.5 Å². The summed E-state index contributed by atoms with van der Waals surface area (Å²) in [5.41, 5.74) is 3.00. The Kier molecular flexibility index (Phi) is 6.58. The highest BCUT2D eigenvalue weighted by molar-refractivity contribution is 5.74. The van der Waals surface area contributed by atoms with Crippen molar-refractivity contribution >= 4 is 23.0 Å². The molecule has 176 valence electrons. The van der Waals surface area contributed by atoms with Gasteiger partial charge in [0.15, 0.2) is 0 Å². The van der Waals surface area contributed by atoms with Crippen LogP contribution >= 0.6 is 0 Å². The number of hydrogen-bond donors (Lipinski definition) is 1. The van der Waals surface area contributed by atoms with Crippen molar-refractivity contribution in [3.63, 3.8) is 0 Å². The molecule has 35 heavy (non-hydrogen) atoms. The molecule has 9 nitrogen and oxygen atoms in total. The van der Waals surface area contributed by atoms with Crippen molar-refractivity contribution in [2.45, 2.75) is 6.04 Å². The number of anilines is 3. The number of pyridine rings is 1. The lowest BCUT2D eigenvalue weighted by Crippen LogP contribution is -2.48. The first kappa shape index (κ1) is 22.4. The molecule has 1 aliphatic heterocycles. The van der Waals surface area contributed by atoms with Gasteiger partial charge in [0.05, 0.1) is 11.0 Å². The average molecular weight is 468 g/mol. The molecule has 9 heteroatoms. The van der Waals surface area contributed by atoms with Gasteiger partial charge in [-0.15, -0.1) is 0 Å².